The second kappa shape index (κ2) is 0.908. The summed E-state index contributed by atoms with van der Waals surface area (Å²) in [5.74, 6) is 0.736. The largest absolute Gasteiger partial charge is 0.299 e. The van der Waals surface area contributed by atoms with Gasteiger partial charge in [-0.25, -0.2) is 0 Å². The lowest BCUT2D eigenvalue weighted by Crippen LogP contribution is -1.86. The van der Waals surface area contributed by atoms with Gasteiger partial charge in [0.15, 0.2) is 0 Å². The van der Waals surface area contributed by atoms with E-state index in [1.54, 1.807) is 0 Å². The van der Waals surface area contributed by atoms with Crippen molar-refractivity contribution < 1.29 is 4.79 Å². The number of Topliss-reactive ketones (excluding diaryl/α,β-unsaturated/α-hetero) is 1. The van der Waals surface area contributed by atoms with Crippen molar-refractivity contribution in [3.8, 4) is 0 Å². The lowest BCUT2D eigenvalue weighted by Gasteiger charge is -1.87. The van der Waals surface area contributed by atoms with Crippen LogP contribution in [-0.4, -0.2) is 5.78 Å². The third-order valence-corrected chi connectivity index (χ3v) is 2.03. The van der Waals surface area contributed by atoms with Gasteiger partial charge in [0, 0.05) is 11.3 Å². The van der Waals surface area contributed by atoms with Crippen LogP contribution in [0.5, 0.6) is 0 Å². The SMILES string of the molecule is CC1C(=O)C1(C)C. The van der Waals surface area contributed by atoms with Crippen LogP contribution < -0.4 is 0 Å². The molecule has 0 amide bonds. The highest BCUT2D eigenvalue weighted by atomic mass is 16.1. The minimum atomic E-state index is 0.0278. The normalized spacial score (nSPS) is 35.9. The Morgan fingerprint density at radius 1 is 1.57 bits per heavy atom. The predicted octanol–water partition coefficient (Wildman–Crippen LogP) is 1.23. The molecule has 0 spiro atoms. The van der Waals surface area contributed by atoms with Crippen molar-refractivity contribution in [3.05, 3.63) is 0 Å². The van der Waals surface area contributed by atoms with Gasteiger partial charge in [-0.05, 0) is 0 Å². The molecule has 1 aliphatic rings. The van der Waals surface area contributed by atoms with Gasteiger partial charge in [-0.3, -0.25) is 4.79 Å². The molecule has 0 radical (unpaired) electrons. The molecule has 0 saturated heterocycles. The third-order valence-electron chi connectivity index (χ3n) is 2.03. The number of ketones is 1. The molecule has 0 heterocycles. The first kappa shape index (κ1) is 4.82. The molecule has 1 unspecified atom stereocenters. The first-order valence-electron chi connectivity index (χ1n) is 2.61. The Morgan fingerprint density at radius 2 is 1.71 bits per heavy atom. The van der Waals surface area contributed by atoms with Crippen molar-refractivity contribution in [1.82, 2.24) is 0 Å². The van der Waals surface area contributed by atoms with Gasteiger partial charge in [-0.15, -0.1) is 0 Å². The minimum Gasteiger partial charge on any atom is -0.299 e. The van der Waals surface area contributed by atoms with E-state index in [-0.39, 0.29) is 5.41 Å². The van der Waals surface area contributed by atoms with Crippen molar-refractivity contribution in [1.29, 1.82) is 0 Å². The molecule has 0 bridgehead atoms. The van der Waals surface area contributed by atoms with Crippen LogP contribution in [0.25, 0.3) is 0 Å². The van der Waals surface area contributed by atoms with Crippen molar-refractivity contribution in [3.63, 3.8) is 0 Å². The molecule has 0 aromatic carbocycles. The molecule has 1 heteroatoms. The molecule has 0 aliphatic heterocycles. The fourth-order valence-electron chi connectivity index (χ4n) is 0.723. The second-order valence-corrected chi connectivity index (χ2v) is 2.81. The van der Waals surface area contributed by atoms with Gasteiger partial charge in [-0.1, -0.05) is 20.8 Å². The second-order valence-electron chi connectivity index (χ2n) is 2.81. The molecule has 1 aliphatic carbocycles. The Hall–Kier alpha value is -0.330. The first-order chi connectivity index (χ1) is 3.07. The molecule has 7 heavy (non-hydrogen) atoms. The van der Waals surface area contributed by atoms with Gasteiger partial charge < -0.3 is 0 Å². The maximum Gasteiger partial charge on any atom is 0.142 e. The fraction of sp³-hybridized carbons (Fsp3) is 0.833. The van der Waals surface area contributed by atoms with E-state index in [0.29, 0.717) is 11.7 Å². The van der Waals surface area contributed by atoms with E-state index >= 15 is 0 Å². The summed E-state index contributed by atoms with van der Waals surface area (Å²) >= 11 is 0. The van der Waals surface area contributed by atoms with E-state index in [9.17, 15) is 4.79 Å². The van der Waals surface area contributed by atoms with Crippen LogP contribution in [0.1, 0.15) is 20.8 Å². The zero-order valence-corrected chi connectivity index (χ0v) is 4.99. The number of rotatable bonds is 0. The highest BCUT2D eigenvalue weighted by Gasteiger charge is 2.53. The molecular formula is C6H10O. The van der Waals surface area contributed by atoms with Gasteiger partial charge >= 0.3 is 0 Å². The number of carbonyl (C=O) groups excluding carboxylic acids is 1. The molecule has 0 N–H and O–H groups in total. The number of hydrogen-bond acceptors (Lipinski definition) is 1. The van der Waals surface area contributed by atoms with E-state index in [4.69, 9.17) is 0 Å². The van der Waals surface area contributed by atoms with E-state index < -0.39 is 0 Å². The highest BCUT2D eigenvalue weighted by molar-refractivity contribution is 6.02. The van der Waals surface area contributed by atoms with Gasteiger partial charge in [0.05, 0.1) is 0 Å². The predicted molar refractivity (Wildman–Crippen MR) is 28.0 cm³/mol. The molecule has 0 aromatic heterocycles. The zero-order chi connectivity index (χ0) is 5.65. The maximum absolute atomic E-state index is 10.5. The topological polar surface area (TPSA) is 17.1 Å². The fourth-order valence-corrected chi connectivity index (χ4v) is 0.723. The van der Waals surface area contributed by atoms with Crippen LogP contribution in [0.2, 0.25) is 0 Å². The summed E-state index contributed by atoms with van der Waals surface area (Å²) in [6, 6.07) is 0. The Balaban J connectivity index is 2.70. The lowest BCUT2D eigenvalue weighted by atomic mass is 10.1. The van der Waals surface area contributed by atoms with Crippen molar-refractivity contribution in [2.24, 2.45) is 11.3 Å². The minimum absolute atomic E-state index is 0.0278. The van der Waals surface area contributed by atoms with Gasteiger partial charge in [0.1, 0.15) is 5.78 Å². The summed E-state index contributed by atoms with van der Waals surface area (Å²) in [7, 11) is 0. The molecule has 1 saturated carbocycles. The molecule has 0 aromatic rings. The van der Waals surface area contributed by atoms with Crippen molar-refractivity contribution in [2.45, 2.75) is 20.8 Å². The van der Waals surface area contributed by atoms with Crippen LogP contribution in [0.4, 0.5) is 0 Å². The molecule has 1 nitrogen and oxygen atoms in total. The van der Waals surface area contributed by atoms with E-state index in [1.165, 1.54) is 0 Å². The van der Waals surface area contributed by atoms with Crippen LogP contribution in [0.3, 0.4) is 0 Å². The van der Waals surface area contributed by atoms with Crippen molar-refractivity contribution >= 4 is 5.78 Å². The molecule has 1 atom stereocenters. The smallest absolute Gasteiger partial charge is 0.142 e. The third kappa shape index (κ3) is 0.409. The van der Waals surface area contributed by atoms with Crippen LogP contribution in [-0.2, 0) is 4.79 Å². The quantitative estimate of drug-likeness (QED) is 0.445. The standard InChI is InChI=1S/C6H10O/c1-4-5(7)6(4,2)3/h4H,1-3H3. The lowest BCUT2D eigenvalue weighted by molar-refractivity contribution is -0.113. The zero-order valence-electron chi connectivity index (χ0n) is 4.99. The van der Waals surface area contributed by atoms with Crippen LogP contribution in [0, 0.1) is 11.3 Å². The van der Waals surface area contributed by atoms with Crippen LogP contribution >= 0.6 is 0 Å². The first-order valence-corrected chi connectivity index (χ1v) is 2.61. The average Bonchev–Trinajstić information content (AvgIpc) is 1.91. The summed E-state index contributed by atoms with van der Waals surface area (Å²) in [5.41, 5.74) is 0.0278. The van der Waals surface area contributed by atoms with Crippen LogP contribution in [0.15, 0.2) is 0 Å². The highest BCUT2D eigenvalue weighted by Crippen LogP contribution is 2.46. The Bertz CT molecular complexity index is 113. The summed E-state index contributed by atoms with van der Waals surface area (Å²) in [6.45, 7) is 5.95. The molecular weight excluding hydrogens is 88.1 g/mol. The summed E-state index contributed by atoms with van der Waals surface area (Å²) in [5, 5.41) is 0. The van der Waals surface area contributed by atoms with Gasteiger partial charge in [-0.2, -0.15) is 0 Å². The number of carbonyl (C=O) groups is 1. The Kier molecular flexibility index (Phi) is 0.625. The van der Waals surface area contributed by atoms with Crippen molar-refractivity contribution in [2.75, 3.05) is 0 Å². The van der Waals surface area contributed by atoms with E-state index in [2.05, 4.69) is 0 Å². The molecule has 1 rings (SSSR count). The average molecular weight is 98.1 g/mol. The Labute approximate surface area is 43.7 Å². The van der Waals surface area contributed by atoms with E-state index in [1.807, 2.05) is 20.8 Å². The summed E-state index contributed by atoms with van der Waals surface area (Å²) in [4.78, 5) is 10.5. The van der Waals surface area contributed by atoms with Gasteiger partial charge in [0.25, 0.3) is 0 Å². The van der Waals surface area contributed by atoms with Gasteiger partial charge in [0.2, 0.25) is 0 Å². The molecule has 1 fully saturated rings. The number of hydrogen-bond donors (Lipinski definition) is 0. The monoisotopic (exact) mass is 98.1 g/mol. The Morgan fingerprint density at radius 3 is 1.71 bits per heavy atom. The summed E-state index contributed by atoms with van der Waals surface area (Å²) in [6.07, 6.45) is 0. The van der Waals surface area contributed by atoms with E-state index in [0.717, 1.165) is 0 Å². The maximum atomic E-state index is 10.5. The summed E-state index contributed by atoms with van der Waals surface area (Å²) < 4.78 is 0. The molecule has 40 valence electrons.